The van der Waals surface area contributed by atoms with Gasteiger partial charge in [-0.3, -0.25) is 0 Å². The Labute approximate surface area is 155 Å². The maximum Gasteiger partial charge on any atom is 0.221 e. The molecule has 25 heavy (non-hydrogen) atoms. The molecule has 5 nitrogen and oxygen atoms in total. The first-order valence-electron chi connectivity index (χ1n) is 7.24. The normalized spacial score (nSPS) is 18.8. The van der Waals surface area contributed by atoms with Crippen molar-refractivity contribution in [3.05, 3.63) is 74.9 Å². The first kappa shape index (κ1) is 17.6. The van der Waals surface area contributed by atoms with Crippen LogP contribution in [0.25, 0.3) is 0 Å². The molecule has 0 bridgehead atoms. The molecular weight excluding hydrogens is 383 g/mol. The molecular formula is C17H12Cl2N2O3S. The second-order valence-corrected chi connectivity index (χ2v) is 7.91. The lowest BCUT2D eigenvalue weighted by Gasteiger charge is -2.13. The molecule has 1 N–H and O–H groups in total. The van der Waals surface area contributed by atoms with Gasteiger partial charge in [0.25, 0.3) is 0 Å². The van der Waals surface area contributed by atoms with E-state index in [1.165, 1.54) is 12.1 Å². The number of nitriles is 1. The highest BCUT2D eigenvalue weighted by Gasteiger charge is 2.33. The number of nitrogens with one attached hydrogen (secondary N) is 1. The number of benzene rings is 2. The lowest BCUT2D eigenvalue weighted by molar-refractivity contribution is 0.169. The molecule has 1 unspecified atom stereocenters. The van der Waals surface area contributed by atoms with Crippen LogP contribution in [0.5, 0.6) is 0 Å². The summed E-state index contributed by atoms with van der Waals surface area (Å²) in [6.45, 7) is 0.244. The Morgan fingerprint density at radius 2 is 1.76 bits per heavy atom. The van der Waals surface area contributed by atoms with Gasteiger partial charge in [-0.05, 0) is 24.3 Å². The van der Waals surface area contributed by atoms with Gasteiger partial charge in [0.1, 0.15) is 12.2 Å². The van der Waals surface area contributed by atoms with Gasteiger partial charge in [0, 0.05) is 15.6 Å². The van der Waals surface area contributed by atoms with Gasteiger partial charge < -0.3 is 10.1 Å². The van der Waals surface area contributed by atoms with Crippen molar-refractivity contribution >= 4 is 33.0 Å². The summed E-state index contributed by atoms with van der Waals surface area (Å²) in [5.41, 5.74) is 0.544. The number of nitrogens with zero attached hydrogens (tertiary/aromatic N) is 1. The van der Waals surface area contributed by atoms with Crippen LogP contribution >= 0.6 is 23.2 Å². The minimum Gasteiger partial charge on any atom is -0.468 e. The van der Waals surface area contributed by atoms with E-state index < -0.39 is 20.8 Å². The van der Waals surface area contributed by atoms with Gasteiger partial charge in [0.05, 0.1) is 11.4 Å². The zero-order chi connectivity index (χ0) is 18.0. The van der Waals surface area contributed by atoms with Gasteiger partial charge in [-0.25, -0.2) is 8.42 Å². The van der Waals surface area contributed by atoms with E-state index in [1.807, 2.05) is 0 Å². The average molecular weight is 395 g/mol. The van der Waals surface area contributed by atoms with Gasteiger partial charge in [-0.2, -0.15) is 5.26 Å². The number of hydrogen-bond donors (Lipinski definition) is 1. The zero-order valence-corrected chi connectivity index (χ0v) is 15.1. The summed E-state index contributed by atoms with van der Waals surface area (Å²) in [5.74, 6) is -0.104. The molecule has 2 aromatic carbocycles. The van der Waals surface area contributed by atoms with Crippen LogP contribution < -0.4 is 5.32 Å². The minimum absolute atomic E-state index is 0.0173. The molecule has 1 aliphatic heterocycles. The summed E-state index contributed by atoms with van der Waals surface area (Å²) < 4.78 is 31.0. The molecule has 0 spiro atoms. The fourth-order valence-electron chi connectivity index (χ4n) is 2.47. The molecule has 2 aromatic rings. The van der Waals surface area contributed by atoms with Crippen LogP contribution in [-0.4, -0.2) is 15.0 Å². The van der Waals surface area contributed by atoms with E-state index in [9.17, 15) is 13.7 Å². The zero-order valence-electron chi connectivity index (χ0n) is 12.7. The number of allylic oxidation sites excluding steroid dienone is 1. The van der Waals surface area contributed by atoms with Crippen molar-refractivity contribution in [3.63, 3.8) is 0 Å². The number of hydrogen-bond acceptors (Lipinski definition) is 5. The summed E-state index contributed by atoms with van der Waals surface area (Å²) in [4.78, 5) is -0.465. The van der Waals surface area contributed by atoms with Crippen LogP contribution in [0.4, 0.5) is 0 Å². The monoisotopic (exact) mass is 394 g/mol. The maximum absolute atomic E-state index is 12.7. The quantitative estimate of drug-likeness (QED) is 0.800. The largest absolute Gasteiger partial charge is 0.468 e. The molecule has 0 aromatic heterocycles. The van der Waals surface area contributed by atoms with Gasteiger partial charge in [-0.15, -0.1) is 0 Å². The summed E-state index contributed by atoms with van der Waals surface area (Å²) in [7, 11) is -4.00. The van der Waals surface area contributed by atoms with Crippen LogP contribution in [0.1, 0.15) is 11.7 Å². The van der Waals surface area contributed by atoms with E-state index in [0.717, 1.165) is 0 Å². The highest BCUT2D eigenvalue weighted by atomic mass is 35.5. The third kappa shape index (κ3) is 3.31. The molecule has 1 aliphatic rings. The number of sulfone groups is 1. The van der Waals surface area contributed by atoms with Crippen LogP contribution in [0.15, 0.2) is 64.2 Å². The van der Waals surface area contributed by atoms with Gasteiger partial charge in [0.15, 0.2) is 0 Å². The predicted molar refractivity (Wildman–Crippen MR) is 94.6 cm³/mol. The minimum atomic E-state index is -4.00. The highest BCUT2D eigenvalue weighted by Crippen LogP contribution is 2.36. The lowest BCUT2D eigenvalue weighted by atomic mass is 10.1. The summed E-state index contributed by atoms with van der Waals surface area (Å²) in [6, 6.07) is 14.5. The van der Waals surface area contributed by atoms with Crippen molar-refractivity contribution < 1.29 is 13.2 Å². The smallest absolute Gasteiger partial charge is 0.221 e. The van der Waals surface area contributed by atoms with Gasteiger partial charge >= 0.3 is 0 Å². The highest BCUT2D eigenvalue weighted by molar-refractivity contribution is 7.95. The molecule has 1 heterocycles. The molecule has 3 rings (SSSR count). The molecule has 1 saturated heterocycles. The van der Waals surface area contributed by atoms with E-state index in [0.29, 0.717) is 15.6 Å². The Bertz CT molecular complexity index is 962. The second kappa shape index (κ2) is 6.96. The lowest BCUT2D eigenvalue weighted by Crippen LogP contribution is -2.13. The van der Waals surface area contributed by atoms with Crippen molar-refractivity contribution in [2.45, 2.75) is 11.0 Å². The van der Waals surface area contributed by atoms with E-state index in [4.69, 9.17) is 27.9 Å². The Morgan fingerprint density at radius 1 is 1.12 bits per heavy atom. The standard InChI is InChI=1S/C17H12Cl2N2O3S/c18-12-7-4-8-13(19)16(12)14-10-21-17(24-14)15(9-20)25(22,23)11-5-2-1-3-6-11/h1-8,14,21H,10H2/b17-15-. The van der Waals surface area contributed by atoms with Gasteiger partial charge in [-0.1, -0.05) is 47.5 Å². The third-order valence-electron chi connectivity index (χ3n) is 3.66. The third-order valence-corrected chi connectivity index (χ3v) is 6.03. The Kier molecular flexibility index (Phi) is 4.91. The molecule has 0 aliphatic carbocycles. The first-order chi connectivity index (χ1) is 11.9. The predicted octanol–water partition coefficient (Wildman–Crippen LogP) is 3.82. The number of halogens is 2. The van der Waals surface area contributed by atoms with Crippen molar-refractivity contribution in [2.75, 3.05) is 6.54 Å². The molecule has 8 heteroatoms. The first-order valence-corrected chi connectivity index (χ1v) is 9.48. The van der Waals surface area contributed by atoms with Crippen LogP contribution in [0.3, 0.4) is 0 Å². The second-order valence-electron chi connectivity index (χ2n) is 5.21. The fraction of sp³-hybridized carbons (Fsp3) is 0.118. The van der Waals surface area contributed by atoms with Crippen molar-refractivity contribution in [1.82, 2.24) is 5.32 Å². The molecule has 0 saturated carbocycles. The summed E-state index contributed by atoms with van der Waals surface area (Å²) in [5, 5.41) is 13.0. The Hall–Kier alpha value is -2.20. The van der Waals surface area contributed by atoms with Crippen LogP contribution in [0, 0.1) is 11.3 Å². The Balaban J connectivity index is 2.00. The van der Waals surface area contributed by atoms with Crippen molar-refractivity contribution in [3.8, 4) is 6.07 Å². The molecule has 0 amide bonds. The van der Waals surface area contributed by atoms with E-state index >= 15 is 0 Å². The summed E-state index contributed by atoms with van der Waals surface area (Å²) >= 11 is 12.3. The van der Waals surface area contributed by atoms with Crippen LogP contribution in [-0.2, 0) is 14.6 Å². The van der Waals surface area contributed by atoms with Crippen molar-refractivity contribution in [1.29, 1.82) is 5.26 Å². The average Bonchev–Trinajstić information content (AvgIpc) is 3.05. The Morgan fingerprint density at radius 3 is 2.36 bits per heavy atom. The maximum atomic E-state index is 12.7. The van der Waals surface area contributed by atoms with E-state index in [2.05, 4.69) is 5.32 Å². The van der Waals surface area contributed by atoms with Gasteiger partial charge in [0.2, 0.25) is 20.6 Å². The summed E-state index contributed by atoms with van der Waals surface area (Å²) in [6.07, 6.45) is -0.592. The van der Waals surface area contributed by atoms with Crippen LogP contribution in [0.2, 0.25) is 10.0 Å². The molecule has 1 atom stereocenters. The van der Waals surface area contributed by atoms with Crippen molar-refractivity contribution in [2.24, 2.45) is 0 Å². The number of ether oxygens (including phenoxy) is 1. The molecule has 1 fully saturated rings. The molecule has 0 radical (unpaired) electrons. The topological polar surface area (TPSA) is 79.2 Å². The van der Waals surface area contributed by atoms with E-state index in [-0.39, 0.29) is 17.3 Å². The van der Waals surface area contributed by atoms with E-state index in [1.54, 1.807) is 42.5 Å². The molecule has 128 valence electrons. The number of rotatable bonds is 3. The fourth-order valence-corrected chi connectivity index (χ4v) is 4.35. The SMILES string of the molecule is N#C/C(=C1\NCC(c2c(Cl)cccc2Cl)O1)S(=O)(=O)c1ccccc1.